The fourth-order valence-corrected chi connectivity index (χ4v) is 5.07. The normalized spacial score (nSPS) is 10.9. The summed E-state index contributed by atoms with van der Waals surface area (Å²) < 4.78 is 8.34. The summed E-state index contributed by atoms with van der Waals surface area (Å²) in [7, 11) is 0. The molecule has 10 heteroatoms. The number of hydrogen-bond acceptors (Lipinski definition) is 7. The Hall–Kier alpha value is -2.95. The highest BCUT2D eigenvalue weighted by Gasteiger charge is 2.16. The number of anilines is 1. The predicted molar refractivity (Wildman–Crippen MR) is 132 cm³/mol. The Morgan fingerprint density at radius 1 is 1.25 bits per heavy atom. The molecule has 2 aromatic heterocycles. The summed E-state index contributed by atoms with van der Waals surface area (Å²) in [6, 6.07) is 15.0. The third-order valence-electron chi connectivity index (χ3n) is 4.58. The largest absolute Gasteiger partial charge is 0.492 e. The lowest BCUT2D eigenvalue weighted by molar-refractivity contribution is -0.113. The number of amides is 1. The van der Waals surface area contributed by atoms with Crippen LogP contribution < -0.4 is 15.6 Å². The number of carbonyl (C=O) groups is 1. The van der Waals surface area contributed by atoms with Crippen molar-refractivity contribution in [3.63, 3.8) is 0 Å². The molecule has 4 rings (SSSR count). The van der Waals surface area contributed by atoms with Crippen LogP contribution in [0.1, 0.15) is 12.5 Å². The van der Waals surface area contributed by atoms with E-state index in [1.807, 2.05) is 54.8 Å². The molecule has 1 amide bonds. The van der Waals surface area contributed by atoms with Gasteiger partial charge >= 0.3 is 0 Å². The minimum absolute atomic E-state index is 0.0736. The van der Waals surface area contributed by atoms with Crippen LogP contribution >= 0.6 is 35.3 Å². The second kappa shape index (κ2) is 9.68. The van der Waals surface area contributed by atoms with Crippen LogP contribution in [0.2, 0.25) is 0 Å². The van der Waals surface area contributed by atoms with E-state index in [-0.39, 0.29) is 17.2 Å². The molecule has 0 saturated carbocycles. The first-order valence-corrected chi connectivity index (χ1v) is 12.0. The molecular weight excluding hydrogens is 464 g/mol. The summed E-state index contributed by atoms with van der Waals surface area (Å²) in [6.45, 7) is 4.36. The Labute approximate surface area is 197 Å². The van der Waals surface area contributed by atoms with E-state index in [1.165, 1.54) is 11.3 Å². The molecule has 2 heterocycles. The molecule has 0 fully saturated rings. The number of thiazole rings is 1. The lowest BCUT2D eigenvalue weighted by Crippen LogP contribution is -2.16. The van der Waals surface area contributed by atoms with Crippen molar-refractivity contribution < 1.29 is 9.53 Å². The van der Waals surface area contributed by atoms with Crippen molar-refractivity contribution in [3.8, 4) is 11.4 Å². The number of aromatic nitrogens is 3. The van der Waals surface area contributed by atoms with Crippen LogP contribution in [-0.4, -0.2) is 32.8 Å². The van der Waals surface area contributed by atoms with E-state index in [2.05, 4.69) is 15.3 Å². The number of benzene rings is 2. The Kier molecular flexibility index (Phi) is 6.73. The van der Waals surface area contributed by atoms with Crippen molar-refractivity contribution in [2.45, 2.75) is 19.0 Å². The average molecular weight is 485 g/mol. The summed E-state index contributed by atoms with van der Waals surface area (Å²) in [5, 5.41) is 3.19. The highest BCUT2D eigenvalue weighted by molar-refractivity contribution is 7.99. The standard InChI is InChI=1S/C22H20N4O3S3/c1-3-29-16-11-7-5-9-14(16)23-17(27)12-31-21-24-19-18(20(28)25-21)32-22(30)26(19)15-10-6-4-8-13(15)2/h4-11H,3,12H2,1-2H3,(H,23,27)(H,24,25,28). The molecule has 0 bridgehead atoms. The van der Waals surface area contributed by atoms with E-state index in [9.17, 15) is 9.59 Å². The van der Waals surface area contributed by atoms with Crippen LogP contribution in [0.5, 0.6) is 5.75 Å². The highest BCUT2D eigenvalue weighted by atomic mass is 32.2. The summed E-state index contributed by atoms with van der Waals surface area (Å²) in [5.41, 5.74) is 2.71. The van der Waals surface area contributed by atoms with Crippen molar-refractivity contribution in [1.29, 1.82) is 0 Å². The quantitative estimate of drug-likeness (QED) is 0.219. The zero-order chi connectivity index (χ0) is 22.7. The number of ether oxygens (including phenoxy) is 1. The monoisotopic (exact) mass is 484 g/mol. The van der Waals surface area contributed by atoms with Gasteiger partial charge in [0.1, 0.15) is 10.4 Å². The summed E-state index contributed by atoms with van der Waals surface area (Å²) in [5.74, 6) is 0.451. The minimum atomic E-state index is -0.275. The van der Waals surface area contributed by atoms with Gasteiger partial charge in [-0.1, -0.05) is 53.4 Å². The van der Waals surface area contributed by atoms with Crippen molar-refractivity contribution in [2.75, 3.05) is 17.7 Å². The molecule has 7 nitrogen and oxygen atoms in total. The Morgan fingerprint density at radius 3 is 2.78 bits per heavy atom. The number of hydrogen-bond donors (Lipinski definition) is 2. The summed E-state index contributed by atoms with van der Waals surface area (Å²) in [6.07, 6.45) is 0. The van der Waals surface area contributed by atoms with Gasteiger partial charge in [0.2, 0.25) is 5.91 Å². The lowest BCUT2D eigenvalue weighted by Gasteiger charge is -2.11. The third-order valence-corrected chi connectivity index (χ3v) is 6.81. The van der Waals surface area contributed by atoms with E-state index >= 15 is 0 Å². The molecule has 0 atom stereocenters. The number of aryl methyl sites for hydroxylation is 1. The molecule has 2 aromatic carbocycles. The highest BCUT2D eigenvalue weighted by Crippen LogP contribution is 2.27. The number of H-pyrrole nitrogens is 1. The fraction of sp³-hybridized carbons (Fsp3) is 0.182. The fourth-order valence-electron chi connectivity index (χ4n) is 3.16. The van der Waals surface area contributed by atoms with Gasteiger partial charge in [-0.3, -0.25) is 14.2 Å². The number of thioether (sulfide) groups is 1. The lowest BCUT2D eigenvalue weighted by atomic mass is 10.2. The molecule has 0 aliphatic rings. The van der Waals surface area contributed by atoms with E-state index < -0.39 is 0 Å². The number of nitrogens with zero attached hydrogens (tertiary/aromatic N) is 2. The first-order chi connectivity index (χ1) is 15.5. The van der Waals surface area contributed by atoms with Crippen LogP contribution in [0, 0.1) is 10.9 Å². The second-order valence-electron chi connectivity index (χ2n) is 6.78. The van der Waals surface area contributed by atoms with Crippen molar-refractivity contribution in [1.82, 2.24) is 14.5 Å². The molecule has 32 heavy (non-hydrogen) atoms. The molecule has 164 valence electrons. The van der Waals surface area contributed by atoms with Crippen LogP contribution in [0.25, 0.3) is 16.0 Å². The van der Waals surface area contributed by atoms with Crippen LogP contribution in [0.3, 0.4) is 0 Å². The molecule has 0 aliphatic heterocycles. The smallest absolute Gasteiger partial charge is 0.271 e. The number of para-hydroxylation sites is 3. The molecule has 0 spiro atoms. The van der Waals surface area contributed by atoms with E-state index in [4.69, 9.17) is 17.0 Å². The van der Waals surface area contributed by atoms with Gasteiger partial charge in [-0.25, -0.2) is 4.98 Å². The molecule has 0 unspecified atom stereocenters. The maximum Gasteiger partial charge on any atom is 0.271 e. The van der Waals surface area contributed by atoms with E-state index in [0.29, 0.717) is 37.5 Å². The Balaban J connectivity index is 1.59. The van der Waals surface area contributed by atoms with Crippen molar-refractivity contribution in [3.05, 3.63) is 68.4 Å². The maximum absolute atomic E-state index is 12.7. The molecule has 0 radical (unpaired) electrons. The number of nitrogens with one attached hydrogen (secondary N) is 2. The van der Waals surface area contributed by atoms with Gasteiger partial charge in [0.25, 0.3) is 5.56 Å². The van der Waals surface area contributed by atoms with Gasteiger partial charge in [0, 0.05) is 0 Å². The van der Waals surface area contributed by atoms with Gasteiger partial charge in [-0.05, 0) is 49.8 Å². The molecule has 0 aliphatic carbocycles. The molecule has 0 saturated heterocycles. The maximum atomic E-state index is 12.7. The van der Waals surface area contributed by atoms with Crippen molar-refractivity contribution in [2.24, 2.45) is 0 Å². The zero-order valence-electron chi connectivity index (χ0n) is 17.4. The van der Waals surface area contributed by atoms with E-state index in [1.54, 1.807) is 12.1 Å². The Bertz CT molecular complexity index is 1410. The number of carbonyl (C=O) groups excluding carboxylic acids is 1. The molecule has 4 aromatic rings. The average Bonchev–Trinajstić information content (AvgIpc) is 3.11. The van der Waals surface area contributed by atoms with E-state index in [0.717, 1.165) is 23.0 Å². The van der Waals surface area contributed by atoms with Crippen LogP contribution in [0.4, 0.5) is 5.69 Å². The first-order valence-electron chi connectivity index (χ1n) is 9.84. The van der Waals surface area contributed by atoms with Crippen molar-refractivity contribution >= 4 is 57.3 Å². The first kappa shape index (κ1) is 22.3. The zero-order valence-corrected chi connectivity index (χ0v) is 19.8. The number of aromatic amines is 1. The molecular formula is C22H20N4O3S3. The number of fused-ring (bicyclic) bond motifs is 1. The van der Waals surface area contributed by atoms with Crippen LogP contribution in [-0.2, 0) is 4.79 Å². The van der Waals surface area contributed by atoms with Gasteiger partial charge < -0.3 is 15.0 Å². The topological polar surface area (TPSA) is 89.0 Å². The predicted octanol–water partition coefficient (Wildman–Crippen LogP) is 4.94. The van der Waals surface area contributed by atoms with Gasteiger partial charge in [0.05, 0.1) is 23.7 Å². The molecule has 2 N–H and O–H groups in total. The third kappa shape index (κ3) is 4.62. The van der Waals surface area contributed by atoms with Gasteiger partial charge in [-0.2, -0.15) is 0 Å². The summed E-state index contributed by atoms with van der Waals surface area (Å²) >= 11 is 7.89. The van der Waals surface area contributed by atoms with Crippen LogP contribution in [0.15, 0.2) is 58.5 Å². The minimum Gasteiger partial charge on any atom is -0.492 e. The Morgan fingerprint density at radius 2 is 2.00 bits per heavy atom. The second-order valence-corrected chi connectivity index (χ2v) is 9.39. The SMILES string of the molecule is CCOc1ccccc1NC(=O)CSc1nc2c(sc(=S)n2-c2ccccc2C)c(=O)[nH]1. The van der Waals surface area contributed by atoms with Gasteiger partial charge in [0.15, 0.2) is 14.8 Å². The van der Waals surface area contributed by atoms with Gasteiger partial charge in [-0.15, -0.1) is 0 Å². The summed E-state index contributed by atoms with van der Waals surface area (Å²) in [4.78, 5) is 32.5. The number of rotatable bonds is 7.